The van der Waals surface area contributed by atoms with Crippen LogP contribution in [0.2, 0.25) is 0 Å². The van der Waals surface area contributed by atoms with Crippen LogP contribution in [0.1, 0.15) is 32.1 Å². The number of carbonyl (C=O) groups excluding carboxylic acids is 1. The standard InChI is InChI=1S/C12H21N3O/c16-12-14-10-3-1-2-4-11(10)15(12)8-9-5-6-13-7-9/h9-11,13H,1-8H2,(H,14,16). The fourth-order valence-electron chi connectivity index (χ4n) is 3.41. The maximum Gasteiger partial charge on any atom is 0.318 e. The number of fused-ring (bicyclic) bond motifs is 1. The van der Waals surface area contributed by atoms with Gasteiger partial charge in [0.25, 0.3) is 0 Å². The normalized spacial score (nSPS) is 38.6. The molecule has 0 bridgehead atoms. The molecule has 90 valence electrons. The predicted octanol–water partition coefficient (Wildman–Crippen LogP) is 0.932. The van der Waals surface area contributed by atoms with Gasteiger partial charge >= 0.3 is 6.03 Å². The number of nitrogens with zero attached hydrogens (tertiary/aromatic N) is 1. The fourth-order valence-corrected chi connectivity index (χ4v) is 3.41. The highest BCUT2D eigenvalue weighted by Gasteiger charge is 2.41. The summed E-state index contributed by atoms with van der Waals surface area (Å²) in [5.41, 5.74) is 0. The van der Waals surface area contributed by atoms with Crippen LogP contribution in [0.25, 0.3) is 0 Å². The Labute approximate surface area is 96.8 Å². The van der Waals surface area contributed by atoms with E-state index >= 15 is 0 Å². The van der Waals surface area contributed by atoms with Gasteiger partial charge in [-0.25, -0.2) is 4.79 Å². The van der Waals surface area contributed by atoms with Gasteiger partial charge in [-0.2, -0.15) is 0 Å². The predicted molar refractivity (Wildman–Crippen MR) is 62.3 cm³/mol. The molecular formula is C12H21N3O. The topological polar surface area (TPSA) is 44.4 Å². The third kappa shape index (κ3) is 1.79. The monoisotopic (exact) mass is 223 g/mol. The average Bonchev–Trinajstić information content (AvgIpc) is 2.89. The molecule has 0 aromatic rings. The molecule has 0 spiro atoms. The third-order valence-corrected chi connectivity index (χ3v) is 4.32. The molecule has 3 aliphatic rings. The highest BCUT2D eigenvalue weighted by atomic mass is 16.2. The van der Waals surface area contributed by atoms with Gasteiger partial charge < -0.3 is 15.5 Å². The molecule has 2 aliphatic heterocycles. The first-order valence-electron chi connectivity index (χ1n) is 6.62. The summed E-state index contributed by atoms with van der Waals surface area (Å²) in [5, 5.41) is 6.52. The average molecular weight is 223 g/mol. The van der Waals surface area contributed by atoms with Crippen molar-refractivity contribution in [3.05, 3.63) is 0 Å². The second kappa shape index (κ2) is 4.24. The van der Waals surface area contributed by atoms with Crippen LogP contribution in [0.5, 0.6) is 0 Å². The van der Waals surface area contributed by atoms with Gasteiger partial charge in [-0.1, -0.05) is 12.8 Å². The molecule has 0 aromatic carbocycles. The van der Waals surface area contributed by atoms with E-state index in [0.29, 0.717) is 18.0 Å². The summed E-state index contributed by atoms with van der Waals surface area (Å²) in [7, 11) is 0. The number of carbonyl (C=O) groups is 1. The minimum absolute atomic E-state index is 0.184. The number of urea groups is 1. The Kier molecular flexibility index (Phi) is 2.75. The first-order chi connectivity index (χ1) is 7.84. The SMILES string of the molecule is O=C1NC2CCCCC2N1CC1CCNC1. The molecule has 1 saturated carbocycles. The molecule has 2 N–H and O–H groups in total. The summed E-state index contributed by atoms with van der Waals surface area (Å²) in [6, 6.07) is 1.11. The lowest BCUT2D eigenvalue weighted by molar-refractivity contribution is 0.178. The minimum Gasteiger partial charge on any atom is -0.333 e. The van der Waals surface area contributed by atoms with E-state index in [1.54, 1.807) is 0 Å². The Bertz CT molecular complexity index is 275. The molecule has 16 heavy (non-hydrogen) atoms. The van der Waals surface area contributed by atoms with Gasteiger partial charge in [-0.3, -0.25) is 0 Å². The highest BCUT2D eigenvalue weighted by molar-refractivity contribution is 5.77. The Morgan fingerprint density at radius 1 is 1.25 bits per heavy atom. The Morgan fingerprint density at radius 2 is 2.12 bits per heavy atom. The molecule has 0 aromatic heterocycles. The number of hydrogen-bond acceptors (Lipinski definition) is 2. The van der Waals surface area contributed by atoms with Crippen LogP contribution in [0.15, 0.2) is 0 Å². The quantitative estimate of drug-likeness (QED) is 0.731. The second-order valence-electron chi connectivity index (χ2n) is 5.42. The molecule has 2 heterocycles. The number of rotatable bonds is 2. The van der Waals surface area contributed by atoms with Crippen LogP contribution in [0, 0.1) is 5.92 Å². The molecule has 0 radical (unpaired) electrons. The van der Waals surface area contributed by atoms with E-state index < -0.39 is 0 Å². The first kappa shape index (κ1) is 10.4. The second-order valence-corrected chi connectivity index (χ2v) is 5.42. The van der Waals surface area contributed by atoms with Crippen molar-refractivity contribution in [3.63, 3.8) is 0 Å². The summed E-state index contributed by atoms with van der Waals surface area (Å²) in [5.74, 6) is 0.673. The Balaban J connectivity index is 1.65. The summed E-state index contributed by atoms with van der Waals surface area (Å²) < 4.78 is 0. The van der Waals surface area contributed by atoms with Gasteiger partial charge in [-0.05, 0) is 38.3 Å². The van der Waals surface area contributed by atoms with Crippen molar-refractivity contribution in [2.45, 2.75) is 44.2 Å². The Morgan fingerprint density at radius 3 is 2.94 bits per heavy atom. The van der Waals surface area contributed by atoms with Crippen molar-refractivity contribution in [1.82, 2.24) is 15.5 Å². The van der Waals surface area contributed by atoms with E-state index in [-0.39, 0.29) is 6.03 Å². The minimum atomic E-state index is 0.184. The summed E-state index contributed by atoms with van der Waals surface area (Å²) in [4.78, 5) is 14.0. The highest BCUT2D eigenvalue weighted by Crippen LogP contribution is 2.29. The smallest absolute Gasteiger partial charge is 0.318 e. The van der Waals surface area contributed by atoms with Crippen LogP contribution < -0.4 is 10.6 Å². The molecule has 4 heteroatoms. The van der Waals surface area contributed by atoms with E-state index in [4.69, 9.17) is 0 Å². The molecule has 3 unspecified atom stereocenters. The van der Waals surface area contributed by atoms with Gasteiger partial charge in [0.05, 0.1) is 12.1 Å². The third-order valence-electron chi connectivity index (χ3n) is 4.32. The molecule has 3 atom stereocenters. The zero-order valence-electron chi connectivity index (χ0n) is 9.74. The van der Waals surface area contributed by atoms with Crippen LogP contribution in [-0.2, 0) is 0 Å². The van der Waals surface area contributed by atoms with Gasteiger partial charge in [0, 0.05) is 6.54 Å². The number of hydrogen-bond donors (Lipinski definition) is 2. The molecule has 3 fully saturated rings. The fraction of sp³-hybridized carbons (Fsp3) is 0.917. The largest absolute Gasteiger partial charge is 0.333 e. The van der Waals surface area contributed by atoms with Crippen molar-refractivity contribution < 1.29 is 4.79 Å². The zero-order chi connectivity index (χ0) is 11.0. The van der Waals surface area contributed by atoms with Crippen molar-refractivity contribution in [2.24, 2.45) is 5.92 Å². The molecular weight excluding hydrogens is 202 g/mol. The molecule has 2 saturated heterocycles. The maximum atomic E-state index is 11.9. The van der Waals surface area contributed by atoms with E-state index in [0.717, 1.165) is 19.6 Å². The van der Waals surface area contributed by atoms with Gasteiger partial charge in [-0.15, -0.1) is 0 Å². The summed E-state index contributed by atoms with van der Waals surface area (Å²) in [6.07, 6.45) is 6.16. The van der Waals surface area contributed by atoms with E-state index in [1.165, 1.54) is 32.1 Å². The Hall–Kier alpha value is -0.770. The van der Waals surface area contributed by atoms with Gasteiger partial charge in [0.1, 0.15) is 0 Å². The van der Waals surface area contributed by atoms with E-state index in [2.05, 4.69) is 15.5 Å². The van der Waals surface area contributed by atoms with E-state index in [1.807, 2.05) is 0 Å². The van der Waals surface area contributed by atoms with Crippen molar-refractivity contribution in [3.8, 4) is 0 Å². The molecule has 2 amide bonds. The van der Waals surface area contributed by atoms with E-state index in [9.17, 15) is 4.79 Å². The van der Waals surface area contributed by atoms with Crippen LogP contribution in [0.3, 0.4) is 0 Å². The van der Waals surface area contributed by atoms with Crippen LogP contribution in [-0.4, -0.2) is 42.6 Å². The lowest BCUT2D eigenvalue weighted by Crippen LogP contribution is -2.41. The lowest BCUT2D eigenvalue weighted by Gasteiger charge is -2.31. The van der Waals surface area contributed by atoms with Crippen molar-refractivity contribution in [2.75, 3.05) is 19.6 Å². The van der Waals surface area contributed by atoms with Crippen molar-refractivity contribution in [1.29, 1.82) is 0 Å². The summed E-state index contributed by atoms with van der Waals surface area (Å²) >= 11 is 0. The zero-order valence-corrected chi connectivity index (χ0v) is 9.74. The van der Waals surface area contributed by atoms with Gasteiger partial charge in [0.15, 0.2) is 0 Å². The lowest BCUT2D eigenvalue weighted by atomic mass is 9.90. The van der Waals surface area contributed by atoms with Crippen LogP contribution >= 0.6 is 0 Å². The molecule has 1 aliphatic carbocycles. The molecule has 3 rings (SSSR count). The first-order valence-corrected chi connectivity index (χ1v) is 6.62. The maximum absolute atomic E-state index is 11.9. The summed E-state index contributed by atoms with van der Waals surface area (Å²) in [6.45, 7) is 3.16. The number of amides is 2. The number of nitrogens with one attached hydrogen (secondary N) is 2. The molecule has 4 nitrogen and oxygen atoms in total. The van der Waals surface area contributed by atoms with Crippen molar-refractivity contribution >= 4 is 6.03 Å². The van der Waals surface area contributed by atoms with Gasteiger partial charge in [0.2, 0.25) is 0 Å². The van der Waals surface area contributed by atoms with Crippen LogP contribution in [0.4, 0.5) is 4.79 Å².